The zero-order chi connectivity index (χ0) is 24.0. The molecule has 0 bridgehead atoms. The number of hydrogen-bond donors (Lipinski definition) is 0. The Bertz CT molecular complexity index is 1110. The van der Waals surface area contributed by atoms with Gasteiger partial charge < -0.3 is 9.47 Å². The molecular formula is C28H28O5. The van der Waals surface area contributed by atoms with E-state index in [1.807, 2.05) is 62.4 Å². The first kappa shape index (κ1) is 23.9. The minimum absolute atomic E-state index is 0.0733. The SMILES string of the molecule is Cc1cc(C)c(C(=O)C(=O)OCC(C)C(OC(=O)c2ccccc2)c2ccccc2)c(C)c1. The van der Waals surface area contributed by atoms with Crippen molar-refractivity contribution in [3.8, 4) is 0 Å². The van der Waals surface area contributed by atoms with E-state index in [0.29, 0.717) is 11.1 Å². The normalized spacial score (nSPS) is 12.5. The van der Waals surface area contributed by atoms with E-state index in [1.165, 1.54) is 0 Å². The molecule has 0 fully saturated rings. The lowest BCUT2D eigenvalue weighted by Crippen LogP contribution is -2.26. The van der Waals surface area contributed by atoms with Gasteiger partial charge in [0.05, 0.1) is 12.2 Å². The van der Waals surface area contributed by atoms with Crippen LogP contribution in [0.4, 0.5) is 0 Å². The number of aryl methyl sites for hydroxylation is 3. The number of carbonyl (C=O) groups excluding carboxylic acids is 3. The maximum atomic E-state index is 12.8. The van der Waals surface area contributed by atoms with Gasteiger partial charge in [-0.2, -0.15) is 0 Å². The Morgan fingerprint density at radius 3 is 1.94 bits per heavy atom. The van der Waals surface area contributed by atoms with Crippen LogP contribution in [0, 0.1) is 26.7 Å². The summed E-state index contributed by atoms with van der Waals surface area (Å²) in [4.78, 5) is 38.0. The van der Waals surface area contributed by atoms with Gasteiger partial charge in [-0.05, 0) is 49.6 Å². The van der Waals surface area contributed by atoms with Crippen molar-refractivity contribution < 1.29 is 23.9 Å². The Hall–Kier alpha value is -3.73. The Morgan fingerprint density at radius 1 is 0.818 bits per heavy atom. The van der Waals surface area contributed by atoms with Crippen molar-refractivity contribution in [1.29, 1.82) is 0 Å². The van der Waals surface area contributed by atoms with Crippen LogP contribution in [0.5, 0.6) is 0 Å². The van der Waals surface area contributed by atoms with Crippen LogP contribution >= 0.6 is 0 Å². The molecule has 0 aliphatic rings. The summed E-state index contributed by atoms with van der Waals surface area (Å²) in [5, 5.41) is 0. The third kappa shape index (κ3) is 5.95. The maximum absolute atomic E-state index is 12.8. The van der Waals surface area contributed by atoms with Gasteiger partial charge in [0.25, 0.3) is 5.78 Å². The van der Waals surface area contributed by atoms with Crippen LogP contribution in [-0.4, -0.2) is 24.3 Å². The van der Waals surface area contributed by atoms with E-state index in [0.717, 1.165) is 22.3 Å². The molecule has 0 aliphatic heterocycles. The Kier molecular flexibility index (Phi) is 7.78. The van der Waals surface area contributed by atoms with Crippen molar-refractivity contribution in [3.63, 3.8) is 0 Å². The van der Waals surface area contributed by atoms with E-state index in [1.54, 1.807) is 38.1 Å². The quantitative estimate of drug-likeness (QED) is 0.258. The van der Waals surface area contributed by atoms with Gasteiger partial charge in [0.1, 0.15) is 6.10 Å². The number of Topliss-reactive ketones (excluding diaryl/α,β-unsaturated/α-hetero) is 1. The van der Waals surface area contributed by atoms with Gasteiger partial charge in [-0.25, -0.2) is 9.59 Å². The topological polar surface area (TPSA) is 69.7 Å². The molecule has 0 spiro atoms. The number of hydrogen-bond acceptors (Lipinski definition) is 5. The molecule has 33 heavy (non-hydrogen) atoms. The van der Waals surface area contributed by atoms with Crippen LogP contribution in [0.25, 0.3) is 0 Å². The first-order chi connectivity index (χ1) is 15.8. The molecule has 5 nitrogen and oxygen atoms in total. The first-order valence-electron chi connectivity index (χ1n) is 10.9. The number of ether oxygens (including phenoxy) is 2. The summed E-state index contributed by atoms with van der Waals surface area (Å²) >= 11 is 0. The van der Waals surface area contributed by atoms with Crippen molar-refractivity contribution in [2.45, 2.75) is 33.8 Å². The molecular weight excluding hydrogens is 416 g/mol. The second kappa shape index (κ2) is 10.7. The van der Waals surface area contributed by atoms with Crippen LogP contribution in [-0.2, 0) is 14.3 Å². The summed E-state index contributed by atoms with van der Waals surface area (Å²) in [6, 6.07) is 21.7. The molecule has 2 unspecified atom stereocenters. The van der Waals surface area contributed by atoms with Crippen molar-refractivity contribution in [2.24, 2.45) is 5.92 Å². The van der Waals surface area contributed by atoms with E-state index in [-0.39, 0.29) is 12.5 Å². The second-order valence-corrected chi connectivity index (χ2v) is 8.28. The molecule has 0 radical (unpaired) electrons. The predicted octanol–water partition coefficient (Wildman–Crippen LogP) is 5.57. The molecule has 3 aromatic carbocycles. The summed E-state index contributed by atoms with van der Waals surface area (Å²) in [6.07, 6.45) is -0.648. The fourth-order valence-corrected chi connectivity index (χ4v) is 3.91. The van der Waals surface area contributed by atoms with E-state index < -0.39 is 23.8 Å². The highest BCUT2D eigenvalue weighted by molar-refractivity contribution is 6.41. The Balaban J connectivity index is 1.73. The lowest BCUT2D eigenvalue weighted by atomic mass is 9.96. The molecule has 3 aromatic rings. The van der Waals surface area contributed by atoms with Crippen molar-refractivity contribution >= 4 is 17.7 Å². The summed E-state index contributed by atoms with van der Waals surface area (Å²) < 4.78 is 11.2. The summed E-state index contributed by atoms with van der Waals surface area (Å²) in [5.74, 6) is -2.44. The van der Waals surface area contributed by atoms with E-state index in [9.17, 15) is 14.4 Å². The number of carbonyl (C=O) groups is 3. The van der Waals surface area contributed by atoms with E-state index in [4.69, 9.17) is 9.47 Å². The lowest BCUT2D eigenvalue weighted by Gasteiger charge is -2.24. The molecule has 170 valence electrons. The van der Waals surface area contributed by atoms with Crippen molar-refractivity contribution in [3.05, 3.63) is 106 Å². The molecule has 0 aromatic heterocycles. The molecule has 0 saturated heterocycles. The third-order valence-electron chi connectivity index (χ3n) is 5.46. The number of rotatable bonds is 8. The average Bonchev–Trinajstić information content (AvgIpc) is 2.81. The zero-order valence-corrected chi connectivity index (χ0v) is 19.3. The minimum Gasteiger partial charge on any atom is -0.459 e. The lowest BCUT2D eigenvalue weighted by molar-refractivity contribution is -0.140. The monoisotopic (exact) mass is 444 g/mol. The third-order valence-corrected chi connectivity index (χ3v) is 5.46. The predicted molar refractivity (Wildman–Crippen MR) is 126 cm³/mol. The second-order valence-electron chi connectivity index (χ2n) is 8.28. The summed E-state index contributed by atoms with van der Waals surface area (Å²) in [6.45, 7) is 7.29. The molecule has 0 saturated carbocycles. The maximum Gasteiger partial charge on any atom is 0.379 e. The molecule has 0 aliphatic carbocycles. The summed E-state index contributed by atoms with van der Waals surface area (Å²) in [7, 11) is 0. The van der Waals surface area contributed by atoms with Gasteiger partial charge >= 0.3 is 11.9 Å². The van der Waals surface area contributed by atoms with Gasteiger partial charge in [0.15, 0.2) is 0 Å². The highest BCUT2D eigenvalue weighted by Crippen LogP contribution is 2.28. The fraction of sp³-hybridized carbons (Fsp3) is 0.250. The van der Waals surface area contributed by atoms with Gasteiger partial charge in [0, 0.05) is 11.5 Å². The summed E-state index contributed by atoms with van der Waals surface area (Å²) in [5.41, 5.74) is 4.08. The van der Waals surface area contributed by atoms with Crippen molar-refractivity contribution in [1.82, 2.24) is 0 Å². The molecule has 0 amide bonds. The van der Waals surface area contributed by atoms with Crippen LogP contribution < -0.4 is 0 Å². The number of benzene rings is 3. The van der Waals surface area contributed by atoms with Crippen LogP contribution in [0.3, 0.4) is 0 Å². The highest BCUT2D eigenvalue weighted by atomic mass is 16.6. The van der Waals surface area contributed by atoms with Gasteiger partial charge in [-0.15, -0.1) is 0 Å². The molecule has 0 N–H and O–H groups in total. The molecule has 5 heteroatoms. The van der Waals surface area contributed by atoms with Gasteiger partial charge in [0.2, 0.25) is 0 Å². The Morgan fingerprint density at radius 2 is 1.36 bits per heavy atom. The minimum atomic E-state index is -0.918. The average molecular weight is 445 g/mol. The largest absolute Gasteiger partial charge is 0.459 e. The van der Waals surface area contributed by atoms with E-state index >= 15 is 0 Å². The van der Waals surface area contributed by atoms with Crippen LogP contribution in [0.15, 0.2) is 72.8 Å². The van der Waals surface area contributed by atoms with Crippen LogP contribution in [0.1, 0.15) is 56.0 Å². The van der Waals surface area contributed by atoms with Crippen molar-refractivity contribution in [2.75, 3.05) is 6.61 Å². The van der Waals surface area contributed by atoms with E-state index in [2.05, 4.69) is 0 Å². The Labute approximate surface area is 194 Å². The molecule has 2 atom stereocenters. The molecule has 0 heterocycles. The smallest absolute Gasteiger partial charge is 0.379 e. The highest BCUT2D eigenvalue weighted by Gasteiger charge is 2.28. The van der Waals surface area contributed by atoms with Gasteiger partial charge in [-0.1, -0.05) is 73.2 Å². The fourth-order valence-electron chi connectivity index (χ4n) is 3.91. The number of esters is 2. The first-order valence-corrected chi connectivity index (χ1v) is 10.9. The van der Waals surface area contributed by atoms with Crippen LogP contribution in [0.2, 0.25) is 0 Å². The number of ketones is 1. The van der Waals surface area contributed by atoms with Gasteiger partial charge in [-0.3, -0.25) is 4.79 Å². The standard InChI is InChI=1S/C28H28O5/c1-18-15-19(2)24(20(3)16-18)25(29)28(31)32-17-21(4)26(22-11-7-5-8-12-22)33-27(30)23-13-9-6-10-14-23/h5-16,21,26H,17H2,1-4H3. The molecule has 3 rings (SSSR count). The zero-order valence-electron chi connectivity index (χ0n) is 19.3.